The molecule has 2 bridgehead atoms. The third kappa shape index (κ3) is 4.39. The number of carbonyl (C=O) groups excluding carboxylic acids is 2. The number of amides is 2. The number of rotatable bonds is 8. The van der Waals surface area contributed by atoms with E-state index in [-0.39, 0.29) is 23.9 Å². The number of imidazole rings is 1. The van der Waals surface area contributed by atoms with Gasteiger partial charge in [-0.3, -0.25) is 9.59 Å². The third-order valence-corrected chi connectivity index (χ3v) is 11.3. The number of methoxy groups -OCH3 is 1. The highest BCUT2D eigenvalue weighted by atomic mass is 16.5. The molecule has 3 aliphatic carbocycles. The number of nitrogens with zero attached hydrogens (tertiary/aromatic N) is 6. The van der Waals surface area contributed by atoms with Crippen molar-refractivity contribution in [3.63, 3.8) is 0 Å². The molecule has 0 spiro atoms. The van der Waals surface area contributed by atoms with Gasteiger partial charge in [0, 0.05) is 73.8 Å². The van der Waals surface area contributed by atoms with Gasteiger partial charge in [0.2, 0.25) is 5.91 Å². The summed E-state index contributed by atoms with van der Waals surface area (Å²) in [5, 5.41) is 1.09. The fourth-order valence-electron chi connectivity index (χ4n) is 8.37. The molecule has 5 heterocycles. The van der Waals surface area contributed by atoms with Crippen molar-refractivity contribution in [3.05, 3.63) is 42.1 Å². The summed E-state index contributed by atoms with van der Waals surface area (Å²) in [6.07, 6.45) is 7.40. The first kappa shape index (κ1) is 27.4. The summed E-state index contributed by atoms with van der Waals surface area (Å²) in [7, 11) is 1.67. The molecule has 5 fully saturated rings. The van der Waals surface area contributed by atoms with E-state index in [4.69, 9.17) is 20.4 Å². The van der Waals surface area contributed by atoms with Crippen LogP contribution in [0.5, 0.6) is 5.75 Å². The largest absolute Gasteiger partial charge is 0.494 e. The second kappa shape index (κ2) is 10.0. The predicted octanol–water partition coefficient (Wildman–Crippen LogP) is 4.15. The number of likely N-dealkylation sites (tertiary alicyclic amines) is 2. The number of hydrogen-bond donors (Lipinski definition) is 1. The zero-order valence-electron chi connectivity index (χ0n) is 26.1. The highest BCUT2D eigenvalue weighted by Gasteiger charge is 2.47. The maximum atomic E-state index is 13.9. The molecule has 3 aromatic heterocycles. The Bertz CT molecular complexity index is 1850. The van der Waals surface area contributed by atoms with E-state index < -0.39 is 0 Å². The van der Waals surface area contributed by atoms with Gasteiger partial charge < -0.3 is 29.4 Å². The van der Waals surface area contributed by atoms with Gasteiger partial charge in [0.15, 0.2) is 5.82 Å². The van der Waals surface area contributed by atoms with E-state index in [1.54, 1.807) is 7.11 Å². The van der Waals surface area contributed by atoms with Gasteiger partial charge in [-0.1, -0.05) is 6.92 Å². The Hall–Kier alpha value is -3.92. The van der Waals surface area contributed by atoms with Crippen molar-refractivity contribution in [1.29, 1.82) is 0 Å². The highest BCUT2D eigenvalue weighted by Crippen LogP contribution is 2.43. The summed E-state index contributed by atoms with van der Waals surface area (Å²) in [6, 6.07) is 10.3. The Kier molecular flexibility index (Phi) is 6.11. The molecule has 3 saturated carbocycles. The van der Waals surface area contributed by atoms with E-state index in [9.17, 15) is 9.59 Å². The Morgan fingerprint density at radius 3 is 2.51 bits per heavy atom. The number of benzene rings is 1. The number of fused-ring (bicyclic) bond motifs is 4. The minimum Gasteiger partial charge on any atom is -0.494 e. The maximum Gasteiger partial charge on any atom is 0.254 e. The molecular weight excluding hydrogens is 566 g/mol. The lowest BCUT2D eigenvalue weighted by atomic mass is 9.98. The number of ether oxygens (including phenoxy) is 1. The molecule has 10 nitrogen and oxygen atoms in total. The Balaban J connectivity index is 1.14. The van der Waals surface area contributed by atoms with Crippen LogP contribution in [-0.2, 0) is 17.9 Å². The topological polar surface area (TPSA) is 112 Å². The van der Waals surface area contributed by atoms with Gasteiger partial charge in [-0.25, -0.2) is 9.97 Å². The van der Waals surface area contributed by atoms with Gasteiger partial charge in [0.25, 0.3) is 5.91 Å². The van der Waals surface area contributed by atoms with Gasteiger partial charge in [-0.05, 0) is 80.2 Å². The van der Waals surface area contributed by atoms with Gasteiger partial charge in [-0.15, -0.1) is 0 Å². The number of piperidine rings is 1. The van der Waals surface area contributed by atoms with Crippen molar-refractivity contribution in [3.8, 4) is 17.3 Å². The zero-order valence-corrected chi connectivity index (χ0v) is 26.1. The van der Waals surface area contributed by atoms with Crippen LogP contribution in [0.1, 0.15) is 49.4 Å². The number of pyridine rings is 1. The molecule has 9 rings (SSSR count). The molecule has 1 aromatic carbocycles. The van der Waals surface area contributed by atoms with Gasteiger partial charge >= 0.3 is 0 Å². The summed E-state index contributed by atoms with van der Waals surface area (Å²) < 4.78 is 10.6. The first-order valence-electron chi connectivity index (χ1n) is 16.8. The van der Waals surface area contributed by atoms with Crippen LogP contribution in [0.3, 0.4) is 0 Å². The van der Waals surface area contributed by atoms with Gasteiger partial charge in [-0.2, -0.15) is 0 Å². The zero-order chi connectivity index (χ0) is 30.6. The summed E-state index contributed by atoms with van der Waals surface area (Å²) in [6.45, 7) is 6.00. The lowest BCUT2D eigenvalue weighted by Gasteiger charge is -2.40. The van der Waals surface area contributed by atoms with Crippen molar-refractivity contribution in [2.24, 2.45) is 35.3 Å². The second-order valence-electron chi connectivity index (χ2n) is 14.5. The van der Waals surface area contributed by atoms with Crippen molar-refractivity contribution in [2.75, 3.05) is 26.7 Å². The number of nitrogens with two attached hydrogens (primary N) is 1. The first-order valence-corrected chi connectivity index (χ1v) is 16.8. The molecule has 2 saturated heterocycles. The average Bonchev–Trinajstić information content (AvgIpc) is 3.85. The Labute approximate surface area is 262 Å². The van der Waals surface area contributed by atoms with E-state index in [0.29, 0.717) is 47.4 Å². The molecular formula is C35H41N7O3. The van der Waals surface area contributed by atoms with E-state index >= 15 is 0 Å². The molecule has 5 aliphatic rings. The smallest absolute Gasteiger partial charge is 0.254 e. The molecule has 10 heteroatoms. The van der Waals surface area contributed by atoms with Crippen LogP contribution < -0.4 is 10.5 Å². The van der Waals surface area contributed by atoms with Crippen molar-refractivity contribution in [2.45, 2.75) is 64.2 Å². The van der Waals surface area contributed by atoms with E-state index in [1.165, 1.54) is 12.8 Å². The van der Waals surface area contributed by atoms with E-state index in [0.717, 1.165) is 79.0 Å². The van der Waals surface area contributed by atoms with Gasteiger partial charge in [0.05, 0.1) is 18.3 Å². The molecule has 45 heavy (non-hydrogen) atoms. The average molecular weight is 608 g/mol. The third-order valence-electron chi connectivity index (χ3n) is 11.3. The first-order chi connectivity index (χ1) is 21.9. The van der Waals surface area contributed by atoms with Crippen molar-refractivity contribution >= 4 is 33.9 Å². The molecule has 0 radical (unpaired) electrons. The summed E-state index contributed by atoms with van der Waals surface area (Å²) in [5.41, 5.74) is 10.7. The van der Waals surface area contributed by atoms with Crippen LogP contribution in [0.2, 0.25) is 0 Å². The molecule has 2 N–H and O–H groups in total. The number of aromatic nitrogens is 4. The van der Waals surface area contributed by atoms with Crippen LogP contribution in [0.15, 0.2) is 36.5 Å². The summed E-state index contributed by atoms with van der Waals surface area (Å²) in [4.78, 5) is 40.9. The number of carbonyl (C=O) groups is 2. The summed E-state index contributed by atoms with van der Waals surface area (Å²) >= 11 is 0. The lowest BCUT2D eigenvalue weighted by molar-refractivity contribution is -0.139. The van der Waals surface area contributed by atoms with Gasteiger partial charge in [0.1, 0.15) is 16.9 Å². The molecule has 2 aliphatic heterocycles. The van der Waals surface area contributed by atoms with E-state index in [2.05, 4.69) is 28.2 Å². The Morgan fingerprint density at radius 1 is 1.02 bits per heavy atom. The van der Waals surface area contributed by atoms with Crippen LogP contribution in [0.4, 0.5) is 0 Å². The minimum atomic E-state index is 0.00319. The second-order valence-corrected chi connectivity index (χ2v) is 14.5. The van der Waals surface area contributed by atoms with Crippen molar-refractivity contribution in [1.82, 2.24) is 28.9 Å². The quantitative estimate of drug-likeness (QED) is 0.322. The lowest BCUT2D eigenvalue weighted by Crippen LogP contribution is -2.52. The van der Waals surface area contributed by atoms with Crippen molar-refractivity contribution < 1.29 is 14.3 Å². The standard InChI is InChI=1S/C35H41N7O3/c1-19-10-25(19)35(44)39-14-21(15-39)17-42-31-26(11-24(13-29(31)45-2)34(43)41-18-23-7-8-27(41)30(23)36)38-33(42)28-12-22-4-3-9-37-32(22)40(28)16-20-5-6-20/h3-4,9,11-13,19-21,23,25,27,30H,5-8,10,14-18,36H2,1-2H3/t19-,23+,25-,27+,30+/m0/s1. The van der Waals surface area contributed by atoms with Crippen LogP contribution in [0, 0.1) is 29.6 Å². The fourth-order valence-corrected chi connectivity index (χ4v) is 8.37. The fraction of sp³-hybridized carbons (Fsp3) is 0.543. The predicted molar refractivity (Wildman–Crippen MR) is 171 cm³/mol. The monoisotopic (exact) mass is 607 g/mol. The molecule has 234 valence electrons. The number of hydrogen-bond acceptors (Lipinski definition) is 6. The van der Waals surface area contributed by atoms with Crippen LogP contribution in [-0.4, -0.2) is 79.5 Å². The molecule has 5 atom stereocenters. The normalized spacial score (nSPS) is 27.5. The van der Waals surface area contributed by atoms with E-state index in [1.807, 2.05) is 34.2 Å². The van der Waals surface area contributed by atoms with Crippen LogP contribution in [0.25, 0.3) is 33.6 Å². The Morgan fingerprint density at radius 2 is 1.82 bits per heavy atom. The summed E-state index contributed by atoms with van der Waals surface area (Å²) in [5.74, 6) is 3.87. The van der Waals surface area contributed by atoms with Crippen LogP contribution >= 0.6 is 0 Å². The SMILES string of the molecule is COc1cc(C(=O)N2C[C@H]3CC[C@@H]2[C@@H]3N)cc2nc(-c3cc4cccnc4n3CC3CC3)n(CC3CN(C(=O)[C@H]4C[C@@H]4C)C3)c12. The molecule has 2 amide bonds. The minimum absolute atomic E-state index is 0.00319. The highest BCUT2D eigenvalue weighted by molar-refractivity contribution is 6.00. The molecule has 0 unspecified atom stereocenters. The maximum absolute atomic E-state index is 13.9. The molecule has 4 aromatic rings.